The third kappa shape index (κ3) is 2.49. The first-order valence-electron chi connectivity index (χ1n) is 7.08. The first kappa shape index (κ1) is 14.4. The Labute approximate surface area is 120 Å². The van der Waals surface area contributed by atoms with Gasteiger partial charge in [-0.15, -0.1) is 0 Å². The highest BCUT2D eigenvalue weighted by Gasteiger charge is 2.39. The summed E-state index contributed by atoms with van der Waals surface area (Å²) in [6.45, 7) is 5.30. The molecule has 0 saturated heterocycles. The number of amides is 1. The topological polar surface area (TPSA) is 53.3 Å². The molecule has 1 heterocycles. The normalized spacial score (nSPS) is 14.8. The number of para-hydroxylation sites is 1. The van der Waals surface area contributed by atoms with Crippen LogP contribution < -0.4 is 4.74 Å². The minimum absolute atomic E-state index is 0.0784. The van der Waals surface area contributed by atoms with Crippen LogP contribution in [0.3, 0.4) is 0 Å². The SMILES string of the molecule is CCC(C#N)(CC)C(=O)N1CCOc2ccccc2C1. The van der Waals surface area contributed by atoms with Gasteiger partial charge in [0.15, 0.2) is 0 Å². The molecule has 1 amide bonds. The Kier molecular flexibility index (Phi) is 4.29. The van der Waals surface area contributed by atoms with Gasteiger partial charge in [-0.1, -0.05) is 32.0 Å². The first-order valence-corrected chi connectivity index (χ1v) is 7.08. The van der Waals surface area contributed by atoms with Gasteiger partial charge in [-0.2, -0.15) is 5.26 Å². The van der Waals surface area contributed by atoms with Crippen molar-refractivity contribution in [3.05, 3.63) is 29.8 Å². The van der Waals surface area contributed by atoms with Gasteiger partial charge < -0.3 is 9.64 Å². The molecule has 0 aliphatic carbocycles. The quantitative estimate of drug-likeness (QED) is 0.850. The zero-order chi connectivity index (χ0) is 14.6. The van der Waals surface area contributed by atoms with Crippen molar-refractivity contribution in [1.29, 1.82) is 5.26 Å². The van der Waals surface area contributed by atoms with Crippen LogP contribution in [0.1, 0.15) is 32.3 Å². The number of fused-ring (bicyclic) bond motifs is 1. The molecule has 1 aliphatic rings. The zero-order valence-electron chi connectivity index (χ0n) is 12.1. The Morgan fingerprint density at radius 1 is 1.40 bits per heavy atom. The van der Waals surface area contributed by atoms with Crippen molar-refractivity contribution in [2.24, 2.45) is 5.41 Å². The predicted octanol–water partition coefficient (Wildman–Crippen LogP) is 2.74. The maximum atomic E-state index is 12.7. The molecule has 0 spiro atoms. The lowest BCUT2D eigenvalue weighted by Crippen LogP contribution is -2.43. The van der Waals surface area contributed by atoms with Crippen LogP contribution in [0.25, 0.3) is 0 Å². The summed E-state index contributed by atoms with van der Waals surface area (Å²) in [6.07, 6.45) is 1.08. The molecular formula is C16H20N2O2. The maximum Gasteiger partial charge on any atom is 0.243 e. The molecule has 0 saturated carbocycles. The summed E-state index contributed by atoms with van der Waals surface area (Å²) in [7, 11) is 0. The van der Waals surface area contributed by atoms with Gasteiger partial charge in [0.1, 0.15) is 17.8 Å². The molecule has 4 nitrogen and oxygen atoms in total. The number of hydrogen-bond acceptors (Lipinski definition) is 3. The molecular weight excluding hydrogens is 252 g/mol. The molecule has 0 fully saturated rings. The summed E-state index contributed by atoms with van der Waals surface area (Å²) in [5, 5.41) is 9.41. The van der Waals surface area contributed by atoms with E-state index >= 15 is 0 Å². The fraction of sp³-hybridized carbons (Fsp3) is 0.500. The third-order valence-corrected chi connectivity index (χ3v) is 4.07. The lowest BCUT2D eigenvalue weighted by molar-refractivity contribution is -0.140. The number of carbonyl (C=O) groups is 1. The number of ether oxygens (including phenoxy) is 1. The monoisotopic (exact) mass is 272 g/mol. The van der Waals surface area contributed by atoms with E-state index in [1.807, 2.05) is 38.1 Å². The van der Waals surface area contributed by atoms with E-state index in [2.05, 4.69) is 6.07 Å². The van der Waals surface area contributed by atoms with Crippen LogP contribution >= 0.6 is 0 Å². The van der Waals surface area contributed by atoms with Crippen LogP contribution in [0.15, 0.2) is 24.3 Å². The molecule has 0 aromatic heterocycles. The maximum absolute atomic E-state index is 12.7. The highest BCUT2D eigenvalue weighted by atomic mass is 16.5. The summed E-state index contributed by atoms with van der Waals surface area (Å²) in [5.74, 6) is 0.753. The minimum Gasteiger partial charge on any atom is -0.491 e. The second kappa shape index (κ2) is 5.96. The van der Waals surface area contributed by atoms with E-state index in [4.69, 9.17) is 4.74 Å². The predicted molar refractivity (Wildman–Crippen MR) is 76.0 cm³/mol. The molecule has 0 atom stereocenters. The van der Waals surface area contributed by atoms with Gasteiger partial charge in [0, 0.05) is 12.1 Å². The van der Waals surface area contributed by atoms with E-state index in [1.165, 1.54) is 0 Å². The molecule has 1 aromatic carbocycles. The molecule has 1 aliphatic heterocycles. The second-order valence-electron chi connectivity index (χ2n) is 5.08. The van der Waals surface area contributed by atoms with Crippen molar-refractivity contribution in [3.8, 4) is 11.8 Å². The van der Waals surface area contributed by atoms with Crippen LogP contribution in [0, 0.1) is 16.7 Å². The highest BCUT2D eigenvalue weighted by Crippen LogP contribution is 2.31. The van der Waals surface area contributed by atoms with Gasteiger partial charge in [0.05, 0.1) is 12.6 Å². The summed E-state index contributed by atoms with van der Waals surface area (Å²) in [5.41, 5.74) is 0.0941. The number of hydrogen-bond donors (Lipinski definition) is 0. The summed E-state index contributed by atoms with van der Waals surface area (Å²) in [6, 6.07) is 9.97. The largest absolute Gasteiger partial charge is 0.491 e. The molecule has 0 unspecified atom stereocenters. The van der Waals surface area contributed by atoms with E-state index in [0.29, 0.717) is 32.5 Å². The lowest BCUT2D eigenvalue weighted by Gasteiger charge is -2.30. The van der Waals surface area contributed by atoms with Crippen LogP contribution in [0.2, 0.25) is 0 Å². The van der Waals surface area contributed by atoms with Crippen molar-refractivity contribution in [2.45, 2.75) is 33.2 Å². The smallest absolute Gasteiger partial charge is 0.243 e. The summed E-state index contributed by atoms with van der Waals surface area (Å²) < 4.78 is 5.67. The Bertz CT molecular complexity index is 530. The average Bonchev–Trinajstić information content (AvgIpc) is 2.71. The summed E-state index contributed by atoms with van der Waals surface area (Å²) in [4.78, 5) is 14.5. The van der Waals surface area contributed by atoms with Crippen LogP contribution in [0.5, 0.6) is 5.75 Å². The number of benzene rings is 1. The number of nitrogens with zero attached hydrogens (tertiary/aromatic N) is 2. The van der Waals surface area contributed by atoms with E-state index in [9.17, 15) is 10.1 Å². The Morgan fingerprint density at radius 2 is 2.10 bits per heavy atom. The molecule has 20 heavy (non-hydrogen) atoms. The molecule has 2 rings (SSSR count). The van der Waals surface area contributed by atoms with Gasteiger partial charge >= 0.3 is 0 Å². The van der Waals surface area contributed by atoms with Crippen molar-refractivity contribution < 1.29 is 9.53 Å². The standard InChI is InChI=1S/C16H20N2O2/c1-3-16(4-2,12-17)15(19)18-9-10-20-14-8-6-5-7-13(14)11-18/h5-8H,3-4,9-11H2,1-2H3. The zero-order valence-corrected chi connectivity index (χ0v) is 12.1. The van der Waals surface area contributed by atoms with E-state index < -0.39 is 5.41 Å². The van der Waals surface area contributed by atoms with Crippen LogP contribution in [-0.4, -0.2) is 24.0 Å². The molecule has 1 aromatic rings. The molecule has 0 N–H and O–H groups in total. The van der Waals surface area contributed by atoms with Crippen molar-refractivity contribution >= 4 is 5.91 Å². The van der Waals surface area contributed by atoms with E-state index in [0.717, 1.165) is 11.3 Å². The van der Waals surface area contributed by atoms with Crippen molar-refractivity contribution in [3.63, 3.8) is 0 Å². The van der Waals surface area contributed by atoms with Gasteiger partial charge in [-0.05, 0) is 18.9 Å². The van der Waals surface area contributed by atoms with Gasteiger partial charge in [0.2, 0.25) is 5.91 Å². The summed E-state index contributed by atoms with van der Waals surface area (Å²) >= 11 is 0. The number of rotatable bonds is 3. The number of carbonyl (C=O) groups excluding carboxylic acids is 1. The van der Waals surface area contributed by atoms with Crippen LogP contribution in [-0.2, 0) is 11.3 Å². The first-order chi connectivity index (χ1) is 9.66. The molecule has 0 radical (unpaired) electrons. The van der Waals surface area contributed by atoms with Gasteiger partial charge in [0.25, 0.3) is 0 Å². The average molecular weight is 272 g/mol. The second-order valence-corrected chi connectivity index (χ2v) is 5.08. The van der Waals surface area contributed by atoms with Crippen LogP contribution in [0.4, 0.5) is 0 Å². The molecule has 0 bridgehead atoms. The molecule has 106 valence electrons. The fourth-order valence-corrected chi connectivity index (χ4v) is 2.56. The van der Waals surface area contributed by atoms with Gasteiger partial charge in [-0.3, -0.25) is 4.79 Å². The van der Waals surface area contributed by atoms with Crippen molar-refractivity contribution in [2.75, 3.05) is 13.2 Å². The third-order valence-electron chi connectivity index (χ3n) is 4.07. The minimum atomic E-state index is -0.903. The Morgan fingerprint density at radius 3 is 2.75 bits per heavy atom. The Balaban J connectivity index is 2.26. The fourth-order valence-electron chi connectivity index (χ4n) is 2.56. The lowest BCUT2D eigenvalue weighted by atomic mass is 9.82. The number of nitriles is 1. The van der Waals surface area contributed by atoms with E-state index in [-0.39, 0.29) is 5.91 Å². The van der Waals surface area contributed by atoms with Crippen molar-refractivity contribution in [1.82, 2.24) is 4.90 Å². The molecule has 4 heteroatoms. The Hall–Kier alpha value is -2.02. The van der Waals surface area contributed by atoms with Gasteiger partial charge in [-0.25, -0.2) is 0 Å². The van der Waals surface area contributed by atoms with E-state index in [1.54, 1.807) is 4.90 Å². The highest BCUT2D eigenvalue weighted by molar-refractivity contribution is 5.85.